The number of hydrogen-bond acceptors (Lipinski definition) is 5. The molecular weight excluding hydrogens is 270 g/mol. The lowest BCUT2D eigenvalue weighted by Gasteiger charge is -2.26. The molecule has 6 nitrogen and oxygen atoms in total. The highest BCUT2D eigenvalue weighted by atomic mass is 16.5. The second-order valence-corrected chi connectivity index (χ2v) is 5.13. The molecule has 1 fully saturated rings. The Morgan fingerprint density at radius 2 is 2.19 bits per heavy atom. The van der Waals surface area contributed by atoms with E-state index in [4.69, 9.17) is 9.15 Å². The number of carbonyl (C=O) groups excluding carboxylic acids is 1. The zero-order valence-corrected chi connectivity index (χ0v) is 12.1. The van der Waals surface area contributed by atoms with Gasteiger partial charge < -0.3 is 14.5 Å². The summed E-state index contributed by atoms with van der Waals surface area (Å²) >= 11 is 0. The SMILES string of the molecule is Cc1nc2cc(C(=O)NCCN3CCOCC3)ccc2o1. The first-order valence-corrected chi connectivity index (χ1v) is 7.18. The predicted octanol–water partition coefficient (Wildman–Crippen LogP) is 1.20. The molecule has 1 aliphatic rings. The lowest BCUT2D eigenvalue weighted by atomic mass is 10.2. The standard InChI is InChI=1S/C15H19N3O3/c1-11-17-13-10-12(2-3-14(13)21-11)15(19)16-4-5-18-6-8-20-9-7-18/h2-3,10H,4-9H2,1H3,(H,16,19). The summed E-state index contributed by atoms with van der Waals surface area (Å²) in [5.74, 6) is 0.528. The fourth-order valence-electron chi connectivity index (χ4n) is 2.44. The van der Waals surface area contributed by atoms with Gasteiger partial charge in [0.2, 0.25) is 0 Å². The van der Waals surface area contributed by atoms with E-state index in [0.29, 0.717) is 29.1 Å². The molecule has 1 aromatic heterocycles. The van der Waals surface area contributed by atoms with E-state index in [0.717, 1.165) is 32.8 Å². The van der Waals surface area contributed by atoms with Gasteiger partial charge in [-0.3, -0.25) is 9.69 Å². The topological polar surface area (TPSA) is 67.6 Å². The molecule has 0 spiro atoms. The Bertz CT molecular complexity index is 632. The fourth-order valence-corrected chi connectivity index (χ4v) is 2.44. The van der Waals surface area contributed by atoms with Gasteiger partial charge in [-0.25, -0.2) is 4.98 Å². The van der Waals surface area contributed by atoms with Crippen LogP contribution in [0.15, 0.2) is 22.6 Å². The Kier molecular flexibility index (Phi) is 4.17. The van der Waals surface area contributed by atoms with Crippen LogP contribution in [0.4, 0.5) is 0 Å². The molecule has 1 aliphatic heterocycles. The Morgan fingerprint density at radius 3 is 3.00 bits per heavy atom. The normalized spacial score (nSPS) is 16.2. The van der Waals surface area contributed by atoms with Crippen LogP contribution in [0.1, 0.15) is 16.2 Å². The third kappa shape index (κ3) is 3.40. The third-order valence-electron chi connectivity index (χ3n) is 3.57. The average molecular weight is 289 g/mol. The van der Waals surface area contributed by atoms with Crippen molar-refractivity contribution >= 4 is 17.0 Å². The number of benzene rings is 1. The fraction of sp³-hybridized carbons (Fsp3) is 0.467. The van der Waals surface area contributed by atoms with Crippen LogP contribution < -0.4 is 5.32 Å². The molecule has 1 aromatic carbocycles. The van der Waals surface area contributed by atoms with Crippen molar-refractivity contribution in [3.8, 4) is 0 Å². The van der Waals surface area contributed by atoms with Gasteiger partial charge in [0.15, 0.2) is 11.5 Å². The molecule has 2 heterocycles. The molecule has 0 atom stereocenters. The van der Waals surface area contributed by atoms with Crippen molar-refractivity contribution < 1.29 is 13.9 Å². The molecule has 2 aromatic rings. The molecule has 1 N–H and O–H groups in total. The number of oxazole rings is 1. The summed E-state index contributed by atoms with van der Waals surface area (Å²) in [5, 5.41) is 2.94. The van der Waals surface area contributed by atoms with Crippen molar-refractivity contribution in [1.29, 1.82) is 0 Å². The van der Waals surface area contributed by atoms with E-state index in [9.17, 15) is 4.79 Å². The molecule has 0 saturated carbocycles. The van der Waals surface area contributed by atoms with E-state index in [2.05, 4.69) is 15.2 Å². The summed E-state index contributed by atoms with van der Waals surface area (Å²) in [6, 6.07) is 5.30. The monoisotopic (exact) mass is 289 g/mol. The van der Waals surface area contributed by atoms with E-state index in [1.807, 2.05) is 0 Å². The number of morpholine rings is 1. The van der Waals surface area contributed by atoms with Crippen molar-refractivity contribution in [2.45, 2.75) is 6.92 Å². The van der Waals surface area contributed by atoms with Gasteiger partial charge in [-0.05, 0) is 18.2 Å². The van der Waals surface area contributed by atoms with Gasteiger partial charge >= 0.3 is 0 Å². The number of aryl methyl sites for hydroxylation is 1. The highest BCUT2D eigenvalue weighted by Gasteiger charge is 2.12. The number of ether oxygens (including phenoxy) is 1. The Labute approximate surface area is 123 Å². The number of amides is 1. The number of rotatable bonds is 4. The zero-order valence-electron chi connectivity index (χ0n) is 12.1. The molecule has 21 heavy (non-hydrogen) atoms. The minimum absolute atomic E-state index is 0.0780. The Morgan fingerprint density at radius 1 is 1.38 bits per heavy atom. The van der Waals surface area contributed by atoms with Gasteiger partial charge in [0, 0.05) is 38.7 Å². The van der Waals surface area contributed by atoms with Crippen LogP contribution in [-0.4, -0.2) is 55.2 Å². The highest BCUT2D eigenvalue weighted by Crippen LogP contribution is 2.16. The summed E-state index contributed by atoms with van der Waals surface area (Å²) in [7, 11) is 0. The maximum Gasteiger partial charge on any atom is 0.251 e. The minimum atomic E-state index is -0.0780. The first kappa shape index (κ1) is 14.0. The van der Waals surface area contributed by atoms with Crippen molar-refractivity contribution in [2.75, 3.05) is 39.4 Å². The second kappa shape index (κ2) is 6.24. The molecule has 0 bridgehead atoms. The van der Waals surface area contributed by atoms with Crippen LogP contribution >= 0.6 is 0 Å². The third-order valence-corrected chi connectivity index (χ3v) is 3.57. The molecule has 0 aliphatic carbocycles. The first-order chi connectivity index (χ1) is 10.2. The lowest BCUT2D eigenvalue weighted by molar-refractivity contribution is 0.0383. The van der Waals surface area contributed by atoms with E-state index < -0.39 is 0 Å². The van der Waals surface area contributed by atoms with Crippen molar-refractivity contribution in [2.24, 2.45) is 0 Å². The summed E-state index contributed by atoms with van der Waals surface area (Å²) in [6.45, 7) is 6.68. The van der Waals surface area contributed by atoms with Gasteiger partial charge in [0.25, 0.3) is 5.91 Å². The van der Waals surface area contributed by atoms with Gasteiger partial charge in [-0.2, -0.15) is 0 Å². The number of nitrogens with one attached hydrogen (secondary N) is 1. The van der Waals surface area contributed by atoms with Crippen LogP contribution in [0.3, 0.4) is 0 Å². The van der Waals surface area contributed by atoms with Crippen LogP contribution in [0, 0.1) is 6.92 Å². The zero-order chi connectivity index (χ0) is 14.7. The first-order valence-electron chi connectivity index (χ1n) is 7.18. The van der Waals surface area contributed by atoms with Crippen LogP contribution in [0.25, 0.3) is 11.1 Å². The van der Waals surface area contributed by atoms with Gasteiger partial charge in [-0.15, -0.1) is 0 Å². The van der Waals surface area contributed by atoms with Gasteiger partial charge in [0.05, 0.1) is 13.2 Å². The number of aromatic nitrogens is 1. The van der Waals surface area contributed by atoms with Crippen molar-refractivity contribution in [1.82, 2.24) is 15.2 Å². The lowest BCUT2D eigenvalue weighted by Crippen LogP contribution is -2.41. The Balaban J connectivity index is 1.55. The quantitative estimate of drug-likeness (QED) is 0.916. The van der Waals surface area contributed by atoms with E-state index >= 15 is 0 Å². The molecule has 0 unspecified atom stereocenters. The molecule has 1 saturated heterocycles. The molecule has 6 heteroatoms. The average Bonchev–Trinajstić information content (AvgIpc) is 2.87. The predicted molar refractivity (Wildman–Crippen MR) is 78.3 cm³/mol. The number of hydrogen-bond donors (Lipinski definition) is 1. The summed E-state index contributed by atoms with van der Waals surface area (Å²) in [4.78, 5) is 18.7. The molecule has 3 rings (SSSR count). The number of fused-ring (bicyclic) bond motifs is 1. The van der Waals surface area contributed by atoms with Crippen LogP contribution in [-0.2, 0) is 4.74 Å². The van der Waals surface area contributed by atoms with E-state index in [1.165, 1.54) is 0 Å². The van der Waals surface area contributed by atoms with Crippen LogP contribution in [0.5, 0.6) is 0 Å². The molecule has 0 radical (unpaired) electrons. The maximum atomic E-state index is 12.1. The van der Waals surface area contributed by atoms with Crippen molar-refractivity contribution in [3.05, 3.63) is 29.7 Å². The number of nitrogens with zero attached hydrogens (tertiary/aromatic N) is 2. The van der Waals surface area contributed by atoms with E-state index in [-0.39, 0.29) is 5.91 Å². The largest absolute Gasteiger partial charge is 0.441 e. The molecule has 1 amide bonds. The highest BCUT2D eigenvalue weighted by molar-refractivity contribution is 5.97. The smallest absolute Gasteiger partial charge is 0.251 e. The second-order valence-electron chi connectivity index (χ2n) is 5.13. The van der Waals surface area contributed by atoms with Crippen molar-refractivity contribution in [3.63, 3.8) is 0 Å². The summed E-state index contributed by atoms with van der Waals surface area (Å²) < 4.78 is 10.7. The van der Waals surface area contributed by atoms with Gasteiger partial charge in [-0.1, -0.05) is 0 Å². The number of carbonyl (C=O) groups is 1. The van der Waals surface area contributed by atoms with E-state index in [1.54, 1.807) is 25.1 Å². The molecular formula is C15H19N3O3. The Hall–Kier alpha value is -1.92. The minimum Gasteiger partial charge on any atom is -0.441 e. The maximum absolute atomic E-state index is 12.1. The molecule has 112 valence electrons. The summed E-state index contributed by atoms with van der Waals surface area (Å²) in [6.07, 6.45) is 0. The van der Waals surface area contributed by atoms with Gasteiger partial charge in [0.1, 0.15) is 5.52 Å². The summed E-state index contributed by atoms with van der Waals surface area (Å²) in [5.41, 5.74) is 2.03. The van der Waals surface area contributed by atoms with Crippen LogP contribution in [0.2, 0.25) is 0 Å².